The molecule has 0 heterocycles. The van der Waals surface area contributed by atoms with Gasteiger partial charge < -0.3 is 14.1 Å². The van der Waals surface area contributed by atoms with Crippen molar-refractivity contribution >= 4 is 32.2 Å². The van der Waals surface area contributed by atoms with E-state index in [1.165, 1.54) is 0 Å². The van der Waals surface area contributed by atoms with Gasteiger partial charge in [-0.2, -0.15) is 0 Å². The maximum atomic E-state index is 8.52. The largest absolute Gasteiger partial charge is 2.00 e. The second kappa shape index (κ2) is 9.32. The van der Waals surface area contributed by atoms with Crippen LogP contribution in [-0.2, 0) is 21.5 Å². The van der Waals surface area contributed by atoms with Gasteiger partial charge in [0.2, 0.25) is 0 Å². The van der Waals surface area contributed by atoms with Crippen LogP contribution < -0.4 is 9.59 Å². The van der Waals surface area contributed by atoms with Crippen LogP contribution in [0.5, 0.6) is 0 Å². The molecule has 6 heavy (non-hydrogen) atoms. The summed E-state index contributed by atoms with van der Waals surface area (Å²) in [5.41, 5.74) is 0. The molecular formula is MgMnO3Si+2. The second-order valence-corrected chi connectivity index (χ2v) is 0.750. The van der Waals surface area contributed by atoms with E-state index in [0.717, 1.165) is 0 Å². The fraction of sp³-hybridized carbons (Fsp3) is 0. The third-order valence-corrected chi connectivity index (χ3v) is 0. The van der Waals surface area contributed by atoms with Gasteiger partial charge in [0.1, 0.15) is 0 Å². The van der Waals surface area contributed by atoms with Crippen molar-refractivity contribution < 1.29 is 31.1 Å². The molecule has 0 aliphatic heterocycles. The minimum Gasteiger partial charge on any atom is -0.672 e. The first kappa shape index (κ1) is 15.8. The fourth-order valence-corrected chi connectivity index (χ4v) is 0. The van der Waals surface area contributed by atoms with E-state index in [2.05, 4.69) is 0 Å². The molecule has 29 valence electrons. The zero-order chi connectivity index (χ0) is 3.58. The summed E-state index contributed by atoms with van der Waals surface area (Å²) >= 11 is 0. The van der Waals surface area contributed by atoms with Crippen LogP contribution in [0.15, 0.2) is 0 Å². The van der Waals surface area contributed by atoms with E-state index in [1.54, 1.807) is 0 Å². The molecule has 0 unspecified atom stereocenters. The minimum absolute atomic E-state index is 0. The Morgan fingerprint density at radius 3 is 1.33 bits per heavy atom. The van der Waals surface area contributed by atoms with Gasteiger partial charge in [0.05, 0.1) is 0 Å². The summed E-state index contributed by atoms with van der Waals surface area (Å²) in [5.74, 6) is 0. The molecule has 0 rings (SSSR count). The quantitative estimate of drug-likeness (QED) is 0.345. The van der Waals surface area contributed by atoms with Gasteiger partial charge in [-0.05, 0) is 0 Å². The minimum atomic E-state index is -3.63. The summed E-state index contributed by atoms with van der Waals surface area (Å²) in [4.78, 5) is 17.0. The predicted octanol–water partition coefficient (Wildman–Crippen LogP) is -3.26. The van der Waals surface area contributed by atoms with Crippen molar-refractivity contribution in [1.29, 1.82) is 0 Å². The molecule has 0 aromatic rings. The third-order valence-electron chi connectivity index (χ3n) is 0. The first-order chi connectivity index (χ1) is 1.73. The van der Waals surface area contributed by atoms with E-state index in [-0.39, 0.29) is 40.1 Å². The predicted molar refractivity (Wildman–Crippen MR) is 12.2 cm³/mol. The van der Waals surface area contributed by atoms with E-state index in [9.17, 15) is 0 Å². The summed E-state index contributed by atoms with van der Waals surface area (Å²) < 4.78 is 8.52. The Hall–Kier alpha value is 0.903. The standard InChI is InChI=1S/Mg.Mn.O3Si/c;;1-4(2)3/q2*+2;-2. The van der Waals surface area contributed by atoms with Crippen molar-refractivity contribution in [2.45, 2.75) is 0 Å². The van der Waals surface area contributed by atoms with Gasteiger partial charge in [-0.25, -0.2) is 0 Å². The van der Waals surface area contributed by atoms with Crippen molar-refractivity contribution in [3.8, 4) is 0 Å². The molecule has 0 aliphatic carbocycles. The molecular weight excluding hydrogens is 155 g/mol. The summed E-state index contributed by atoms with van der Waals surface area (Å²) in [6.45, 7) is 0. The molecule has 6 heteroatoms. The molecule has 0 saturated heterocycles. The molecule has 0 bridgehead atoms. The van der Waals surface area contributed by atoms with E-state index in [0.29, 0.717) is 0 Å². The van der Waals surface area contributed by atoms with Crippen LogP contribution in [0.1, 0.15) is 0 Å². The van der Waals surface area contributed by atoms with Gasteiger partial charge in [-0.1, -0.05) is 0 Å². The monoisotopic (exact) mass is 155 g/mol. The maximum absolute atomic E-state index is 8.52. The van der Waals surface area contributed by atoms with Crippen LogP contribution in [-0.4, -0.2) is 32.2 Å². The van der Waals surface area contributed by atoms with E-state index >= 15 is 0 Å². The number of rotatable bonds is 0. The van der Waals surface area contributed by atoms with Crippen molar-refractivity contribution in [3.05, 3.63) is 0 Å². The molecule has 0 N–H and O–H groups in total. The summed E-state index contributed by atoms with van der Waals surface area (Å²) in [5, 5.41) is 0. The van der Waals surface area contributed by atoms with Gasteiger partial charge >= 0.3 is 40.1 Å². The SMILES string of the molecule is O=[Si]([O-])[O-].[Mg+2].[Mn+2]. The molecule has 0 fully saturated rings. The Labute approximate surface area is 63.3 Å². The number of hydrogen-bond acceptors (Lipinski definition) is 3. The number of hydrogen-bond donors (Lipinski definition) is 0. The van der Waals surface area contributed by atoms with Gasteiger partial charge in [-0.15, -0.1) is 0 Å². The first-order valence-corrected chi connectivity index (χ1v) is 1.84. The Balaban J connectivity index is -0.0000000450. The topological polar surface area (TPSA) is 63.2 Å². The summed E-state index contributed by atoms with van der Waals surface area (Å²) in [6.07, 6.45) is 0. The van der Waals surface area contributed by atoms with Crippen LogP contribution in [0.2, 0.25) is 0 Å². The fourth-order valence-electron chi connectivity index (χ4n) is 0. The third kappa shape index (κ3) is 91.7. The molecule has 0 aromatic heterocycles. The molecule has 0 atom stereocenters. The smallest absolute Gasteiger partial charge is 0.672 e. The second-order valence-electron chi connectivity index (χ2n) is 0.250. The van der Waals surface area contributed by atoms with Crippen LogP contribution >= 0.6 is 0 Å². The van der Waals surface area contributed by atoms with Gasteiger partial charge in [0.15, 0.2) is 0 Å². The Morgan fingerprint density at radius 2 is 1.33 bits per heavy atom. The van der Waals surface area contributed by atoms with Gasteiger partial charge in [-0.3, -0.25) is 0 Å². The Bertz CT molecular complexity index is 33.8. The first-order valence-electron chi connectivity index (χ1n) is 0.612. The maximum Gasteiger partial charge on any atom is 2.00 e. The summed E-state index contributed by atoms with van der Waals surface area (Å²) in [6, 6.07) is 0. The molecule has 1 radical (unpaired) electrons. The Kier molecular flexibility index (Phi) is 24.5. The van der Waals surface area contributed by atoms with E-state index in [4.69, 9.17) is 14.1 Å². The van der Waals surface area contributed by atoms with Crippen molar-refractivity contribution in [2.24, 2.45) is 0 Å². The zero-order valence-corrected chi connectivity index (χ0v) is 6.40. The normalized spacial score (nSPS) is 4.00. The van der Waals surface area contributed by atoms with Gasteiger partial charge in [0.25, 0.3) is 0 Å². The van der Waals surface area contributed by atoms with Crippen molar-refractivity contribution in [1.82, 2.24) is 0 Å². The molecule has 0 aromatic carbocycles. The Morgan fingerprint density at radius 1 is 1.33 bits per heavy atom. The van der Waals surface area contributed by atoms with E-state index in [1.807, 2.05) is 0 Å². The average Bonchev–Trinajstić information content (AvgIpc) is 0.811. The van der Waals surface area contributed by atoms with Crippen LogP contribution in [0.3, 0.4) is 0 Å². The average molecular weight is 155 g/mol. The molecule has 0 amide bonds. The summed E-state index contributed by atoms with van der Waals surface area (Å²) in [7, 11) is -3.63. The van der Waals surface area contributed by atoms with Crippen molar-refractivity contribution in [2.75, 3.05) is 0 Å². The molecule has 0 spiro atoms. The molecule has 0 saturated carbocycles. The molecule has 3 nitrogen and oxygen atoms in total. The van der Waals surface area contributed by atoms with Gasteiger partial charge in [0, 0.05) is 9.17 Å². The van der Waals surface area contributed by atoms with Crippen molar-refractivity contribution in [3.63, 3.8) is 0 Å². The van der Waals surface area contributed by atoms with Crippen LogP contribution in [0, 0.1) is 0 Å². The zero-order valence-electron chi connectivity index (χ0n) is 2.81. The molecule has 0 aliphatic rings. The van der Waals surface area contributed by atoms with Crippen LogP contribution in [0.25, 0.3) is 0 Å². The van der Waals surface area contributed by atoms with Crippen LogP contribution in [0.4, 0.5) is 0 Å². The van der Waals surface area contributed by atoms with E-state index < -0.39 is 9.17 Å².